The van der Waals surface area contributed by atoms with Crippen LogP contribution in [0, 0.1) is 20.2 Å². The van der Waals surface area contributed by atoms with Crippen molar-refractivity contribution >= 4 is 31.4 Å². The lowest BCUT2D eigenvalue weighted by molar-refractivity contribution is -0.385. The number of nitro groups is 2. The topological polar surface area (TPSA) is 179 Å². The molecule has 0 saturated heterocycles. The molecule has 0 amide bonds. The fourth-order valence-electron chi connectivity index (χ4n) is 2.58. The molecule has 0 aromatic heterocycles. The van der Waals surface area contributed by atoms with Crippen LogP contribution in [-0.4, -0.2) is 39.3 Å². The highest BCUT2D eigenvalue weighted by molar-refractivity contribution is 7.89. The minimum absolute atomic E-state index is 0.0827. The number of nitrogens with one attached hydrogen (secondary N) is 2. The molecule has 0 aliphatic rings. The summed E-state index contributed by atoms with van der Waals surface area (Å²) in [5.74, 6) is 0. The predicted molar refractivity (Wildman–Crippen MR) is 110 cm³/mol. The minimum atomic E-state index is -3.96. The van der Waals surface area contributed by atoms with Gasteiger partial charge in [0.05, 0.1) is 19.6 Å². The third-order valence-electron chi connectivity index (χ3n) is 4.32. The molecule has 0 radical (unpaired) electrons. The molecule has 12 nitrogen and oxygen atoms in total. The molecule has 0 bridgehead atoms. The summed E-state index contributed by atoms with van der Waals surface area (Å²) >= 11 is 0. The van der Waals surface area contributed by atoms with Gasteiger partial charge in [-0.2, -0.15) is 0 Å². The Bertz CT molecular complexity index is 1150. The van der Waals surface area contributed by atoms with Crippen molar-refractivity contribution in [3.8, 4) is 0 Å². The second-order valence-corrected chi connectivity index (χ2v) is 9.90. The molecule has 31 heavy (non-hydrogen) atoms. The monoisotopic (exact) mass is 472 g/mol. The normalized spacial score (nSPS) is 12.9. The molecule has 2 aromatic rings. The number of rotatable bonds is 11. The number of nitro benzene ring substituents is 2. The second-order valence-electron chi connectivity index (χ2n) is 6.41. The molecule has 168 valence electrons. The van der Waals surface area contributed by atoms with Gasteiger partial charge in [-0.05, 0) is 37.1 Å². The molecule has 1 atom stereocenters. The van der Waals surface area contributed by atoms with Crippen LogP contribution in [0.2, 0.25) is 0 Å². The Balaban J connectivity index is 1.99. The Kier molecular flexibility index (Phi) is 7.78. The molecule has 0 heterocycles. The van der Waals surface area contributed by atoms with Crippen molar-refractivity contribution in [3.63, 3.8) is 0 Å². The summed E-state index contributed by atoms with van der Waals surface area (Å²) in [7, 11) is -7.89. The van der Waals surface area contributed by atoms with E-state index in [1.807, 2.05) is 0 Å². The van der Waals surface area contributed by atoms with Gasteiger partial charge in [0.25, 0.3) is 11.4 Å². The summed E-state index contributed by atoms with van der Waals surface area (Å²) < 4.78 is 54.3. The largest absolute Gasteiger partial charge is 0.269 e. The standard InChI is InChI=1S/C17H20N4O8S2/c1-2-13(19-31(28,29)17-9-5-15(6-10-17)21(24)25)11-12-18-30(26,27)16-7-3-14(4-8-16)20(22)23/h3-10,13,18-19H,2,11-12H2,1H3/t13-/m1/s1. The lowest BCUT2D eigenvalue weighted by Crippen LogP contribution is -2.37. The van der Waals surface area contributed by atoms with E-state index in [2.05, 4.69) is 9.44 Å². The lowest BCUT2D eigenvalue weighted by Gasteiger charge is -2.17. The predicted octanol–water partition coefficient (Wildman–Crippen LogP) is 1.93. The number of sulfonamides is 2. The Labute approximate surface area is 178 Å². The zero-order valence-electron chi connectivity index (χ0n) is 16.3. The Morgan fingerprint density at radius 1 is 0.806 bits per heavy atom. The van der Waals surface area contributed by atoms with Gasteiger partial charge in [-0.25, -0.2) is 26.3 Å². The summed E-state index contributed by atoms with van der Waals surface area (Å²) in [5, 5.41) is 21.3. The first-order valence-electron chi connectivity index (χ1n) is 8.97. The fraction of sp³-hybridized carbons (Fsp3) is 0.294. The first-order valence-corrected chi connectivity index (χ1v) is 11.9. The van der Waals surface area contributed by atoms with Gasteiger partial charge in [-0.1, -0.05) is 6.92 Å². The first kappa shape index (κ1) is 24.3. The van der Waals surface area contributed by atoms with Crippen LogP contribution in [0.3, 0.4) is 0 Å². The van der Waals surface area contributed by atoms with Gasteiger partial charge in [0.15, 0.2) is 0 Å². The average Bonchev–Trinajstić information content (AvgIpc) is 2.72. The molecule has 14 heteroatoms. The molecule has 2 N–H and O–H groups in total. The summed E-state index contributed by atoms with van der Waals surface area (Å²) in [6, 6.07) is 8.14. The smallest absolute Gasteiger partial charge is 0.258 e. The molecule has 2 aromatic carbocycles. The van der Waals surface area contributed by atoms with Crippen molar-refractivity contribution in [1.82, 2.24) is 9.44 Å². The van der Waals surface area contributed by atoms with Gasteiger partial charge in [-0.3, -0.25) is 20.2 Å². The van der Waals surface area contributed by atoms with Gasteiger partial charge in [0.2, 0.25) is 20.0 Å². The second kappa shape index (κ2) is 9.91. The molecule has 0 aliphatic carbocycles. The van der Waals surface area contributed by atoms with Crippen molar-refractivity contribution in [2.45, 2.75) is 35.6 Å². The average molecular weight is 473 g/mol. The maximum absolute atomic E-state index is 12.5. The summed E-state index contributed by atoms with van der Waals surface area (Å²) in [5.41, 5.74) is -0.489. The number of benzene rings is 2. The van der Waals surface area contributed by atoms with Crippen LogP contribution >= 0.6 is 0 Å². The van der Waals surface area contributed by atoms with Crippen molar-refractivity contribution in [3.05, 3.63) is 68.8 Å². The Morgan fingerprint density at radius 3 is 1.61 bits per heavy atom. The highest BCUT2D eigenvalue weighted by Crippen LogP contribution is 2.18. The zero-order chi connectivity index (χ0) is 23.2. The van der Waals surface area contributed by atoms with E-state index in [1.165, 1.54) is 0 Å². The fourth-order valence-corrected chi connectivity index (χ4v) is 4.98. The van der Waals surface area contributed by atoms with Crippen molar-refractivity contribution in [2.75, 3.05) is 6.54 Å². The van der Waals surface area contributed by atoms with Crippen molar-refractivity contribution < 1.29 is 26.7 Å². The molecule has 0 fully saturated rings. The van der Waals surface area contributed by atoms with E-state index in [0.29, 0.717) is 6.42 Å². The molecule has 0 unspecified atom stereocenters. The van der Waals surface area contributed by atoms with Crippen LogP contribution in [0.15, 0.2) is 58.3 Å². The number of non-ortho nitro benzene ring substituents is 2. The maximum Gasteiger partial charge on any atom is 0.269 e. The minimum Gasteiger partial charge on any atom is -0.258 e. The van der Waals surface area contributed by atoms with E-state index >= 15 is 0 Å². The SMILES string of the molecule is CC[C@H](CCNS(=O)(=O)c1ccc([N+](=O)[O-])cc1)NS(=O)(=O)c1ccc([N+](=O)[O-])cc1. The zero-order valence-corrected chi connectivity index (χ0v) is 17.9. The van der Waals surface area contributed by atoms with Crippen LogP contribution in [0.25, 0.3) is 0 Å². The van der Waals surface area contributed by atoms with E-state index in [0.717, 1.165) is 48.5 Å². The maximum atomic E-state index is 12.5. The van der Waals surface area contributed by atoms with Crippen LogP contribution in [0.5, 0.6) is 0 Å². The van der Waals surface area contributed by atoms with Gasteiger partial charge in [0, 0.05) is 36.9 Å². The van der Waals surface area contributed by atoms with Gasteiger partial charge in [0.1, 0.15) is 0 Å². The summed E-state index contributed by atoms with van der Waals surface area (Å²) in [6.45, 7) is 1.63. The van der Waals surface area contributed by atoms with Crippen molar-refractivity contribution in [2.24, 2.45) is 0 Å². The van der Waals surface area contributed by atoms with E-state index < -0.39 is 35.9 Å². The van der Waals surface area contributed by atoms with E-state index in [9.17, 15) is 37.1 Å². The number of nitrogens with zero attached hydrogens (tertiary/aromatic N) is 2. The van der Waals surface area contributed by atoms with Gasteiger partial charge >= 0.3 is 0 Å². The van der Waals surface area contributed by atoms with Gasteiger partial charge in [-0.15, -0.1) is 0 Å². The molecule has 0 aliphatic heterocycles. The lowest BCUT2D eigenvalue weighted by atomic mass is 10.2. The highest BCUT2D eigenvalue weighted by atomic mass is 32.2. The summed E-state index contributed by atoms with van der Waals surface area (Å²) in [4.78, 5) is 19.8. The molecular weight excluding hydrogens is 452 g/mol. The van der Waals surface area contributed by atoms with E-state index in [1.54, 1.807) is 6.92 Å². The number of hydrogen-bond acceptors (Lipinski definition) is 8. The number of hydrogen-bond donors (Lipinski definition) is 2. The molecule has 0 saturated carbocycles. The first-order chi connectivity index (χ1) is 14.5. The van der Waals surface area contributed by atoms with E-state index in [-0.39, 0.29) is 34.1 Å². The van der Waals surface area contributed by atoms with Crippen LogP contribution in [-0.2, 0) is 20.0 Å². The molecule has 0 spiro atoms. The highest BCUT2D eigenvalue weighted by Gasteiger charge is 2.21. The van der Waals surface area contributed by atoms with Crippen LogP contribution in [0.4, 0.5) is 11.4 Å². The third-order valence-corrected chi connectivity index (χ3v) is 7.33. The summed E-state index contributed by atoms with van der Waals surface area (Å²) in [6.07, 6.45) is 0.500. The third kappa shape index (κ3) is 6.52. The van der Waals surface area contributed by atoms with E-state index in [4.69, 9.17) is 0 Å². The Hall–Kier alpha value is -2.94. The molecular formula is C17H20N4O8S2. The van der Waals surface area contributed by atoms with Crippen LogP contribution < -0.4 is 9.44 Å². The van der Waals surface area contributed by atoms with Crippen LogP contribution in [0.1, 0.15) is 19.8 Å². The molecule has 2 rings (SSSR count). The van der Waals surface area contributed by atoms with Gasteiger partial charge < -0.3 is 0 Å². The quantitative estimate of drug-likeness (QED) is 0.368. The Morgan fingerprint density at radius 2 is 1.23 bits per heavy atom. The van der Waals surface area contributed by atoms with Crippen molar-refractivity contribution in [1.29, 1.82) is 0 Å².